The van der Waals surface area contributed by atoms with Crippen LogP contribution in [0.15, 0.2) is 59.1 Å². The van der Waals surface area contributed by atoms with Gasteiger partial charge in [0.25, 0.3) is 0 Å². The summed E-state index contributed by atoms with van der Waals surface area (Å²) in [6.07, 6.45) is 0. The molecule has 3 heteroatoms. The molecule has 0 aliphatic heterocycles. The number of hydrogen-bond acceptors (Lipinski definition) is 3. The molecule has 0 aliphatic rings. The maximum Gasteiger partial charge on any atom is 0.174 e. The van der Waals surface area contributed by atoms with Gasteiger partial charge >= 0.3 is 0 Å². The second-order valence-electron chi connectivity index (χ2n) is 4.57. The summed E-state index contributed by atoms with van der Waals surface area (Å²) in [6.45, 7) is 1.95. The third-order valence-corrected chi connectivity index (χ3v) is 3.28. The van der Waals surface area contributed by atoms with Gasteiger partial charge in [-0.25, -0.2) is 0 Å². The predicted molar refractivity (Wildman–Crippen MR) is 78.7 cm³/mol. The molecule has 3 nitrogen and oxygen atoms in total. The average Bonchev–Trinajstić information content (AvgIpc) is 2.90. The molecule has 0 spiro atoms. The zero-order valence-corrected chi connectivity index (χ0v) is 11.5. The lowest BCUT2D eigenvalue weighted by Gasteiger charge is -2.04. The number of aromatic nitrogens is 1. The maximum absolute atomic E-state index is 5.51. The Morgan fingerprint density at radius 3 is 2.25 bits per heavy atom. The number of aryl methyl sites for hydroxylation is 1. The minimum absolute atomic E-state index is 0.799. The fourth-order valence-corrected chi connectivity index (χ4v) is 2.25. The number of methoxy groups -OCH3 is 1. The molecule has 0 amide bonds. The molecule has 20 heavy (non-hydrogen) atoms. The van der Waals surface area contributed by atoms with Crippen LogP contribution in [-0.2, 0) is 0 Å². The van der Waals surface area contributed by atoms with Gasteiger partial charge in [0.1, 0.15) is 5.75 Å². The highest BCUT2D eigenvalue weighted by molar-refractivity contribution is 5.81. The lowest BCUT2D eigenvalue weighted by atomic mass is 10.00. The highest BCUT2D eigenvalue weighted by atomic mass is 16.5. The van der Waals surface area contributed by atoms with Crippen molar-refractivity contribution in [2.24, 2.45) is 0 Å². The third kappa shape index (κ3) is 2.18. The van der Waals surface area contributed by atoms with Gasteiger partial charge < -0.3 is 9.26 Å². The van der Waals surface area contributed by atoms with Gasteiger partial charge in [0.2, 0.25) is 0 Å². The molecule has 0 saturated carbocycles. The van der Waals surface area contributed by atoms with Crippen LogP contribution in [0, 0.1) is 6.92 Å². The molecule has 3 aromatic rings. The standard InChI is InChI=1S/C17H15NO2/c1-12-16(13-8-10-15(19-2)11-9-13)17(20-18-12)14-6-4-3-5-7-14/h3-11H,1-2H3. The largest absolute Gasteiger partial charge is 0.497 e. The Morgan fingerprint density at radius 1 is 0.900 bits per heavy atom. The Kier molecular flexibility index (Phi) is 3.25. The van der Waals surface area contributed by atoms with Gasteiger partial charge in [0, 0.05) is 5.56 Å². The molecule has 0 bridgehead atoms. The van der Waals surface area contributed by atoms with E-state index in [4.69, 9.17) is 9.26 Å². The van der Waals surface area contributed by atoms with E-state index in [0.717, 1.165) is 33.9 Å². The Labute approximate surface area is 117 Å². The fraction of sp³-hybridized carbons (Fsp3) is 0.118. The van der Waals surface area contributed by atoms with Crippen LogP contribution >= 0.6 is 0 Å². The topological polar surface area (TPSA) is 35.3 Å². The Morgan fingerprint density at radius 2 is 1.60 bits per heavy atom. The smallest absolute Gasteiger partial charge is 0.174 e. The van der Waals surface area contributed by atoms with E-state index in [1.54, 1.807) is 7.11 Å². The maximum atomic E-state index is 5.51. The second kappa shape index (κ2) is 5.21. The van der Waals surface area contributed by atoms with Crippen molar-refractivity contribution in [1.82, 2.24) is 5.16 Å². The van der Waals surface area contributed by atoms with E-state index in [2.05, 4.69) is 5.16 Å². The van der Waals surface area contributed by atoms with Crippen LogP contribution in [0.4, 0.5) is 0 Å². The first-order valence-electron chi connectivity index (χ1n) is 6.45. The van der Waals surface area contributed by atoms with Crippen molar-refractivity contribution in [3.05, 3.63) is 60.3 Å². The van der Waals surface area contributed by atoms with Crippen LogP contribution in [0.25, 0.3) is 22.5 Å². The van der Waals surface area contributed by atoms with E-state index in [1.165, 1.54) is 0 Å². The number of rotatable bonds is 3. The van der Waals surface area contributed by atoms with Gasteiger partial charge in [-0.05, 0) is 24.6 Å². The van der Waals surface area contributed by atoms with E-state index in [0.29, 0.717) is 0 Å². The van der Waals surface area contributed by atoms with Crippen molar-refractivity contribution in [2.75, 3.05) is 7.11 Å². The molecule has 2 aromatic carbocycles. The second-order valence-corrected chi connectivity index (χ2v) is 4.57. The summed E-state index contributed by atoms with van der Waals surface area (Å²) in [7, 11) is 1.66. The molecule has 1 heterocycles. The molecule has 0 N–H and O–H groups in total. The quantitative estimate of drug-likeness (QED) is 0.707. The normalized spacial score (nSPS) is 10.5. The first-order chi connectivity index (χ1) is 9.79. The van der Waals surface area contributed by atoms with Gasteiger partial charge in [0.05, 0.1) is 18.4 Å². The Balaban J connectivity index is 2.11. The van der Waals surface area contributed by atoms with Crippen molar-refractivity contribution in [2.45, 2.75) is 6.92 Å². The van der Waals surface area contributed by atoms with E-state index in [1.807, 2.05) is 61.5 Å². The van der Waals surface area contributed by atoms with Gasteiger partial charge in [-0.1, -0.05) is 47.6 Å². The lowest BCUT2D eigenvalue weighted by molar-refractivity contribution is 0.415. The van der Waals surface area contributed by atoms with Crippen LogP contribution in [0.5, 0.6) is 5.75 Å². The van der Waals surface area contributed by atoms with Crippen molar-refractivity contribution in [1.29, 1.82) is 0 Å². The predicted octanol–water partition coefficient (Wildman–Crippen LogP) is 4.33. The van der Waals surface area contributed by atoms with Gasteiger partial charge in [0.15, 0.2) is 5.76 Å². The van der Waals surface area contributed by atoms with E-state index < -0.39 is 0 Å². The first kappa shape index (κ1) is 12.5. The minimum atomic E-state index is 0.799. The van der Waals surface area contributed by atoms with Crippen LogP contribution in [0.1, 0.15) is 5.69 Å². The van der Waals surface area contributed by atoms with E-state index in [-0.39, 0.29) is 0 Å². The summed E-state index contributed by atoms with van der Waals surface area (Å²) < 4.78 is 10.7. The molecule has 0 atom stereocenters. The average molecular weight is 265 g/mol. The highest BCUT2D eigenvalue weighted by Crippen LogP contribution is 2.35. The summed E-state index contributed by atoms with van der Waals surface area (Å²) in [5, 5.41) is 4.11. The van der Waals surface area contributed by atoms with Crippen molar-refractivity contribution in [3.8, 4) is 28.2 Å². The van der Waals surface area contributed by atoms with Crippen LogP contribution in [0.2, 0.25) is 0 Å². The molecule has 0 unspecified atom stereocenters. The molecule has 3 rings (SSSR count). The number of benzene rings is 2. The Bertz CT molecular complexity index is 700. The van der Waals surface area contributed by atoms with Crippen LogP contribution in [-0.4, -0.2) is 12.3 Å². The van der Waals surface area contributed by atoms with Crippen molar-refractivity contribution in [3.63, 3.8) is 0 Å². The van der Waals surface area contributed by atoms with Crippen molar-refractivity contribution < 1.29 is 9.26 Å². The molecule has 0 aliphatic carbocycles. The molecule has 100 valence electrons. The van der Waals surface area contributed by atoms with Crippen molar-refractivity contribution >= 4 is 0 Å². The number of ether oxygens (including phenoxy) is 1. The first-order valence-corrected chi connectivity index (χ1v) is 6.45. The lowest BCUT2D eigenvalue weighted by Crippen LogP contribution is -1.85. The molecule has 0 radical (unpaired) electrons. The molecule has 0 fully saturated rings. The highest BCUT2D eigenvalue weighted by Gasteiger charge is 2.16. The van der Waals surface area contributed by atoms with Crippen LogP contribution < -0.4 is 4.74 Å². The SMILES string of the molecule is COc1ccc(-c2c(C)noc2-c2ccccc2)cc1. The summed E-state index contributed by atoms with van der Waals surface area (Å²) >= 11 is 0. The fourth-order valence-electron chi connectivity index (χ4n) is 2.25. The number of hydrogen-bond donors (Lipinski definition) is 0. The molecule has 1 aromatic heterocycles. The van der Waals surface area contributed by atoms with E-state index in [9.17, 15) is 0 Å². The molecular formula is C17H15NO2. The minimum Gasteiger partial charge on any atom is -0.497 e. The number of nitrogens with zero attached hydrogens (tertiary/aromatic N) is 1. The van der Waals surface area contributed by atoms with Crippen LogP contribution in [0.3, 0.4) is 0 Å². The van der Waals surface area contributed by atoms with Gasteiger partial charge in [-0.2, -0.15) is 0 Å². The van der Waals surface area contributed by atoms with Gasteiger partial charge in [-0.3, -0.25) is 0 Å². The monoisotopic (exact) mass is 265 g/mol. The van der Waals surface area contributed by atoms with E-state index >= 15 is 0 Å². The summed E-state index contributed by atoms with van der Waals surface area (Å²) in [4.78, 5) is 0. The van der Waals surface area contributed by atoms with Gasteiger partial charge in [-0.15, -0.1) is 0 Å². The summed E-state index contributed by atoms with van der Waals surface area (Å²) in [5.41, 5.74) is 4.01. The zero-order chi connectivity index (χ0) is 13.9. The molecule has 0 saturated heterocycles. The summed E-state index contributed by atoms with van der Waals surface area (Å²) in [6, 6.07) is 17.9. The Hall–Kier alpha value is -2.55. The zero-order valence-electron chi connectivity index (χ0n) is 11.5. The summed E-state index contributed by atoms with van der Waals surface area (Å²) in [5.74, 6) is 1.64. The third-order valence-electron chi connectivity index (χ3n) is 3.28. The molecular weight excluding hydrogens is 250 g/mol.